The number of cyclic esters (lactones) is 1. The van der Waals surface area contributed by atoms with Crippen molar-refractivity contribution in [2.45, 2.75) is 78.6 Å². The Morgan fingerprint density at radius 3 is 2.46 bits per heavy atom. The number of pyridine rings is 1. The van der Waals surface area contributed by atoms with Crippen molar-refractivity contribution in [3.63, 3.8) is 0 Å². The van der Waals surface area contributed by atoms with E-state index in [0.717, 1.165) is 22.2 Å². The van der Waals surface area contributed by atoms with E-state index in [1.165, 1.54) is 5.01 Å². The predicted octanol–water partition coefficient (Wildman–Crippen LogP) is 3.38. The molecule has 2 aliphatic heterocycles. The zero-order valence-electron chi connectivity index (χ0n) is 24.9. The number of amides is 3. The fourth-order valence-electron chi connectivity index (χ4n) is 4.97. The van der Waals surface area contributed by atoms with Gasteiger partial charge in [0.05, 0.1) is 22.7 Å². The maximum atomic E-state index is 13.5. The molecule has 10 heteroatoms. The maximum absolute atomic E-state index is 13.5. The molecule has 10 nitrogen and oxygen atoms in total. The van der Waals surface area contributed by atoms with Gasteiger partial charge in [0.2, 0.25) is 5.91 Å². The van der Waals surface area contributed by atoms with Crippen LogP contribution >= 0.6 is 0 Å². The molecule has 0 radical (unpaired) electrons. The molecular formula is C31H41N5O5. The number of hydrogen-bond donors (Lipinski definition) is 2. The maximum Gasteiger partial charge on any atom is 0.316 e. The molecule has 220 valence electrons. The van der Waals surface area contributed by atoms with Crippen LogP contribution in [0.1, 0.15) is 71.7 Å². The number of carbonyl (C=O) groups is 4. The molecule has 41 heavy (non-hydrogen) atoms. The number of fused-ring (bicyclic) bond motifs is 4. The number of nitrogens with zero attached hydrogens (tertiary/aromatic N) is 3. The van der Waals surface area contributed by atoms with Gasteiger partial charge in [-0.15, -0.1) is 0 Å². The molecule has 0 spiro atoms. The summed E-state index contributed by atoms with van der Waals surface area (Å²) >= 11 is 0. The van der Waals surface area contributed by atoms with Crippen LogP contribution in [0, 0.1) is 11.3 Å². The zero-order chi connectivity index (χ0) is 30.1. The van der Waals surface area contributed by atoms with Crippen molar-refractivity contribution in [1.29, 1.82) is 0 Å². The highest BCUT2D eigenvalue weighted by molar-refractivity contribution is 5.91. The average Bonchev–Trinajstić information content (AvgIpc) is 2.95. The Morgan fingerprint density at radius 2 is 1.76 bits per heavy atom. The van der Waals surface area contributed by atoms with Crippen molar-refractivity contribution >= 4 is 40.7 Å². The number of hydrogen-bond acceptors (Lipinski definition) is 7. The smallest absolute Gasteiger partial charge is 0.316 e. The topological polar surface area (TPSA) is 121 Å². The van der Waals surface area contributed by atoms with Crippen molar-refractivity contribution in [3.05, 3.63) is 47.7 Å². The summed E-state index contributed by atoms with van der Waals surface area (Å²) < 4.78 is 5.71. The third kappa shape index (κ3) is 6.59. The zero-order valence-corrected chi connectivity index (χ0v) is 24.9. The normalized spacial score (nSPS) is 26.3. The SMILES string of the molecule is CC1NC(=O)C(C(C)C)OC(=O)C(C)(C)C=Cc2ccc3ccc(nc3c2)C(C)N(C)C(=O)C2CCCN(N2)C1=O. The van der Waals surface area contributed by atoms with E-state index in [9.17, 15) is 19.2 Å². The average molecular weight is 564 g/mol. The third-order valence-corrected chi connectivity index (χ3v) is 7.89. The summed E-state index contributed by atoms with van der Waals surface area (Å²) in [7, 11) is 1.74. The van der Waals surface area contributed by atoms with Gasteiger partial charge in [0.15, 0.2) is 6.10 Å². The molecule has 2 aromatic rings. The van der Waals surface area contributed by atoms with E-state index in [4.69, 9.17) is 9.72 Å². The summed E-state index contributed by atoms with van der Waals surface area (Å²) in [5.41, 5.74) is 4.40. The number of rotatable bonds is 1. The number of carbonyl (C=O) groups excluding carboxylic acids is 4. The van der Waals surface area contributed by atoms with Crippen LogP contribution in [0.2, 0.25) is 0 Å². The largest absolute Gasteiger partial charge is 0.451 e. The fraction of sp³-hybridized carbons (Fsp3) is 0.516. The molecule has 5 bridgehead atoms. The molecule has 4 unspecified atom stereocenters. The number of ether oxygens (including phenoxy) is 1. The lowest BCUT2D eigenvalue weighted by Crippen LogP contribution is -2.61. The van der Waals surface area contributed by atoms with Crippen LogP contribution in [0.3, 0.4) is 0 Å². The lowest BCUT2D eigenvalue weighted by atomic mass is 9.92. The van der Waals surface area contributed by atoms with E-state index in [-0.39, 0.29) is 23.8 Å². The van der Waals surface area contributed by atoms with Crippen molar-refractivity contribution in [1.82, 2.24) is 25.6 Å². The fourth-order valence-corrected chi connectivity index (χ4v) is 4.97. The molecule has 3 heterocycles. The van der Waals surface area contributed by atoms with Crippen molar-refractivity contribution < 1.29 is 23.9 Å². The highest BCUT2D eigenvalue weighted by Gasteiger charge is 2.37. The van der Waals surface area contributed by atoms with Gasteiger partial charge >= 0.3 is 5.97 Å². The molecule has 3 amide bonds. The van der Waals surface area contributed by atoms with Crippen molar-refractivity contribution in [2.75, 3.05) is 13.6 Å². The highest BCUT2D eigenvalue weighted by atomic mass is 16.5. The number of hydrazine groups is 1. The molecular weight excluding hydrogens is 522 g/mol. The van der Waals surface area contributed by atoms with E-state index in [0.29, 0.717) is 19.4 Å². The molecule has 2 aliphatic rings. The summed E-state index contributed by atoms with van der Waals surface area (Å²) in [4.78, 5) is 59.7. The van der Waals surface area contributed by atoms with E-state index < -0.39 is 35.5 Å². The molecule has 4 rings (SSSR count). The van der Waals surface area contributed by atoms with Crippen molar-refractivity contribution in [2.24, 2.45) is 11.3 Å². The summed E-state index contributed by atoms with van der Waals surface area (Å²) in [6.07, 6.45) is 3.70. The summed E-state index contributed by atoms with van der Waals surface area (Å²) in [5, 5.41) is 5.06. The van der Waals surface area contributed by atoms with Gasteiger partial charge in [-0.25, -0.2) is 5.43 Å². The van der Waals surface area contributed by atoms with Gasteiger partial charge in [0.25, 0.3) is 11.8 Å². The first-order valence-electron chi connectivity index (χ1n) is 14.2. The van der Waals surface area contributed by atoms with Crippen LogP contribution in [-0.2, 0) is 23.9 Å². The molecule has 1 aromatic carbocycles. The van der Waals surface area contributed by atoms with Crippen LogP contribution in [0.5, 0.6) is 0 Å². The summed E-state index contributed by atoms with van der Waals surface area (Å²) in [6, 6.07) is 7.93. The van der Waals surface area contributed by atoms with Gasteiger partial charge < -0.3 is 15.0 Å². The summed E-state index contributed by atoms with van der Waals surface area (Å²) in [5.74, 6) is -1.94. The Kier molecular flexibility index (Phi) is 8.82. The number of likely N-dealkylation sites (N-methyl/N-ethyl adjacent to an activating group) is 1. The molecule has 1 aromatic heterocycles. The highest BCUT2D eigenvalue weighted by Crippen LogP contribution is 2.26. The molecule has 2 N–H and O–H groups in total. The molecule has 4 atom stereocenters. The Labute approximate surface area is 241 Å². The lowest BCUT2D eigenvalue weighted by molar-refractivity contribution is -0.165. The first-order valence-corrected chi connectivity index (χ1v) is 14.2. The van der Waals surface area contributed by atoms with Gasteiger partial charge in [-0.1, -0.05) is 44.2 Å². The Bertz CT molecular complexity index is 1370. The minimum Gasteiger partial charge on any atom is -0.451 e. The van der Waals surface area contributed by atoms with E-state index in [2.05, 4.69) is 10.7 Å². The van der Waals surface area contributed by atoms with E-state index in [1.807, 2.05) is 43.3 Å². The number of esters is 1. The molecule has 0 saturated carbocycles. The number of benzene rings is 1. The predicted molar refractivity (Wildman–Crippen MR) is 156 cm³/mol. The summed E-state index contributed by atoms with van der Waals surface area (Å²) in [6.45, 7) is 10.9. The van der Waals surface area contributed by atoms with Crippen LogP contribution in [-0.4, -0.2) is 70.4 Å². The quantitative estimate of drug-likeness (QED) is 0.511. The van der Waals surface area contributed by atoms with Crippen LogP contribution in [0.4, 0.5) is 0 Å². The van der Waals surface area contributed by atoms with Crippen LogP contribution < -0.4 is 10.7 Å². The monoisotopic (exact) mass is 563 g/mol. The van der Waals surface area contributed by atoms with Crippen LogP contribution in [0.25, 0.3) is 17.0 Å². The van der Waals surface area contributed by atoms with Gasteiger partial charge in [-0.05, 0) is 64.2 Å². The molecule has 0 aliphatic carbocycles. The third-order valence-electron chi connectivity index (χ3n) is 7.89. The molecule has 1 fully saturated rings. The lowest BCUT2D eigenvalue weighted by Gasteiger charge is -2.37. The Hall–Kier alpha value is -3.79. The van der Waals surface area contributed by atoms with Gasteiger partial charge in [-0.3, -0.25) is 29.2 Å². The van der Waals surface area contributed by atoms with Gasteiger partial charge in [0, 0.05) is 19.0 Å². The standard InChI is InChI=1S/C31H41N5O5/c1-18(2)26-27(37)32-19(3)28(38)36-16-8-9-24(34-36)29(39)35(7)20(4)23-13-12-22-11-10-21(17-25(22)33-23)14-15-31(5,6)30(40)41-26/h10-15,17-20,24,26,34H,8-9,16H2,1-7H3,(H,32,37). The number of nitrogens with one attached hydrogen (secondary N) is 2. The van der Waals surface area contributed by atoms with Crippen LogP contribution in [0.15, 0.2) is 36.4 Å². The first kappa shape index (κ1) is 30.2. The van der Waals surface area contributed by atoms with Gasteiger partial charge in [0.1, 0.15) is 12.1 Å². The Morgan fingerprint density at radius 1 is 1.05 bits per heavy atom. The second-order valence-corrected chi connectivity index (χ2v) is 12.0. The van der Waals surface area contributed by atoms with E-state index >= 15 is 0 Å². The Balaban J connectivity index is 1.73. The number of aromatic nitrogens is 1. The van der Waals surface area contributed by atoms with E-state index in [1.54, 1.807) is 52.6 Å². The minimum atomic E-state index is -1.08. The second kappa shape index (κ2) is 12.0. The molecule has 1 saturated heterocycles. The van der Waals surface area contributed by atoms with Gasteiger partial charge in [-0.2, -0.15) is 0 Å². The van der Waals surface area contributed by atoms with Crippen molar-refractivity contribution in [3.8, 4) is 0 Å². The minimum absolute atomic E-state index is 0.148. The second-order valence-electron chi connectivity index (χ2n) is 12.0. The first-order chi connectivity index (χ1) is 19.3.